The van der Waals surface area contributed by atoms with E-state index in [2.05, 4.69) is 25.2 Å². The van der Waals surface area contributed by atoms with E-state index in [0.717, 1.165) is 0 Å². The average molecular weight is 362 g/mol. The topological polar surface area (TPSA) is 129 Å². The highest BCUT2D eigenvalue weighted by Crippen LogP contribution is 2.32. The summed E-state index contributed by atoms with van der Waals surface area (Å²) in [5.74, 6) is -0.0470. The van der Waals surface area contributed by atoms with Gasteiger partial charge in [0, 0.05) is 31.0 Å². The smallest absolute Gasteiger partial charge is 0.273 e. The van der Waals surface area contributed by atoms with Crippen molar-refractivity contribution in [3.63, 3.8) is 0 Å². The number of pyridine rings is 1. The Bertz CT molecular complexity index is 1280. The molecule has 1 aromatic carbocycles. The summed E-state index contributed by atoms with van der Waals surface area (Å²) in [7, 11) is 1.60. The fraction of sp³-hybridized carbons (Fsp3) is 0.0556. The highest BCUT2D eigenvalue weighted by Gasteiger charge is 2.21. The van der Waals surface area contributed by atoms with Crippen LogP contribution in [0, 0.1) is 0 Å². The first-order valence-corrected chi connectivity index (χ1v) is 8.00. The Morgan fingerprint density at radius 2 is 1.85 bits per heavy atom. The number of hydrogen-bond acceptors (Lipinski definition) is 6. The Kier molecular flexibility index (Phi) is 3.88. The van der Waals surface area contributed by atoms with Crippen molar-refractivity contribution < 1.29 is 5.11 Å². The van der Waals surface area contributed by atoms with E-state index in [9.17, 15) is 14.7 Å². The van der Waals surface area contributed by atoms with Crippen molar-refractivity contribution in [3.8, 4) is 17.0 Å². The molecule has 4 rings (SSSR count). The number of nitrogens with one attached hydrogen (secondary N) is 2. The fourth-order valence-electron chi connectivity index (χ4n) is 2.87. The van der Waals surface area contributed by atoms with Crippen molar-refractivity contribution in [3.05, 3.63) is 69.0 Å². The maximum Gasteiger partial charge on any atom is 0.273 e. The van der Waals surface area contributed by atoms with Gasteiger partial charge in [0.05, 0.1) is 16.8 Å². The molecule has 0 spiro atoms. The molecule has 27 heavy (non-hydrogen) atoms. The molecule has 9 heteroatoms. The minimum absolute atomic E-state index is 0.0232. The monoisotopic (exact) mass is 362 g/mol. The number of rotatable bonds is 3. The predicted molar refractivity (Wildman–Crippen MR) is 101 cm³/mol. The Labute approximate surface area is 151 Å². The maximum absolute atomic E-state index is 12.8. The summed E-state index contributed by atoms with van der Waals surface area (Å²) < 4.78 is 1.41. The quantitative estimate of drug-likeness (QED) is 0.475. The second kappa shape index (κ2) is 6.37. The molecule has 3 aromatic heterocycles. The summed E-state index contributed by atoms with van der Waals surface area (Å²) in [6, 6.07) is 8.60. The van der Waals surface area contributed by atoms with Crippen molar-refractivity contribution in [2.24, 2.45) is 12.0 Å². The SMILES string of the molecule is Cn1c(=O)c(-c2[nH][nH]c(=O)c2/C=N/c2ncccn2)c(O)c2ccccc21. The van der Waals surface area contributed by atoms with Crippen LogP contribution in [0.3, 0.4) is 0 Å². The molecule has 3 heterocycles. The van der Waals surface area contributed by atoms with Gasteiger partial charge in [-0.25, -0.2) is 15.0 Å². The van der Waals surface area contributed by atoms with Crippen molar-refractivity contribution in [2.45, 2.75) is 0 Å². The average Bonchev–Trinajstić information content (AvgIpc) is 3.06. The zero-order chi connectivity index (χ0) is 19.0. The van der Waals surface area contributed by atoms with E-state index in [1.54, 1.807) is 37.4 Å². The number of fused-ring (bicyclic) bond motifs is 1. The standard InChI is InChI=1S/C18H14N6O3/c1-24-12-6-3-2-5-10(12)15(25)13(17(24)27)14-11(16(26)23-22-14)9-21-18-19-7-4-8-20-18/h2-9,25H,1H3,(H2,22,23,26)/b21-9+. The zero-order valence-corrected chi connectivity index (χ0v) is 14.2. The van der Waals surface area contributed by atoms with Gasteiger partial charge in [0.15, 0.2) is 0 Å². The molecule has 0 saturated heterocycles. The Balaban J connectivity index is 1.95. The molecule has 134 valence electrons. The van der Waals surface area contributed by atoms with Crippen LogP contribution in [0.4, 0.5) is 5.95 Å². The first-order chi connectivity index (χ1) is 13.1. The lowest BCUT2D eigenvalue weighted by Crippen LogP contribution is -2.20. The van der Waals surface area contributed by atoms with Gasteiger partial charge in [-0.1, -0.05) is 12.1 Å². The largest absolute Gasteiger partial charge is 0.506 e. The summed E-state index contributed by atoms with van der Waals surface area (Å²) in [4.78, 5) is 37.0. The van der Waals surface area contributed by atoms with Crippen LogP contribution in [-0.4, -0.2) is 36.1 Å². The van der Waals surface area contributed by atoms with Crippen molar-refractivity contribution in [1.82, 2.24) is 24.7 Å². The van der Waals surface area contributed by atoms with E-state index in [1.165, 1.54) is 23.2 Å². The van der Waals surface area contributed by atoms with Crippen LogP contribution in [0.2, 0.25) is 0 Å². The second-order valence-corrected chi connectivity index (χ2v) is 5.78. The lowest BCUT2D eigenvalue weighted by molar-refractivity contribution is 0.481. The molecule has 3 N–H and O–H groups in total. The van der Waals surface area contributed by atoms with Gasteiger partial charge in [-0.2, -0.15) is 0 Å². The zero-order valence-electron chi connectivity index (χ0n) is 14.2. The van der Waals surface area contributed by atoms with Gasteiger partial charge < -0.3 is 9.67 Å². The van der Waals surface area contributed by atoms with E-state index in [4.69, 9.17) is 0 Å². The number of aromatic hydroxyl groups is 1. The molecule has 4 aromatic rings. The summed E-state index contributed by atoms with van der Waals surface area (Å²) >= 11 is 0. The first kappa shape index (κ1) is 16.5. The Hall–Kier alpha value is -4.01. The molecule has 0 aliphatic carbocycles. The molecule has 0 radical (unpaired) electrons. The van der Waals surface area contributed by atoms with Crippen LogP contribution in [0.15, 0.2) is 57.3 Å². The Morgan fingerprint density at radius 1 is 1.11 bits per heavy atom. The molecule has 0 bridgehead atoms. The third-order valence-corrected chi connectivity index (χ3v) is 4.20. The summed E-state index contributed by atoms with van der Waals surface area (Å²) in [5.41, 5.74) is -0.153. The van der Waals surface area contributed by atoms with E-state index in [0.29, 0.717) is 10.9 Å². The molecule has 0 unspecified atom stereocenters. The number of para-hydroxylation sites is 1. The van der Waals surface area contributed by atoms with Gasteiger partial charge >= 0.3 is 0 Å². The van der Waals surface area contributed by atoms with E-state index < -0.39 is 11.1 Å². The fourth-order valence-corrected chi connectivity index (χ4v) is 2.87. The van der Waals surface area contributed by atoms with Gasteiger partial charge in [-0.15, -0.1) is 0 Å². The maximum atomic E-state index is 12.8. The third-order valence-electron chi connectivity index (χ3n) is 4.20. The molecule has 0 atom stereocenters. The molecule has 0 saturated carbocycles. The lowest BCUT2D eigenvalue weighted by atomic mass is 10.1. The number of aromatic nitrogens is 5. The van der Waals surface area contributed by atoms with E-state index >= 15 is 0 Å². The van der Waals surface area contributed by atoms with Gasteiger partial charge in [-0.05, 0) is 18.2 Å². The number of nitrogens with zero attached hydrogens (tertiary/aromatic N) is 4. The summed E-state index contributed by atoms with van der Waals surface area (Å²) in [6.07, 6.45) is 4.30. The third kappa shape index (κ3) is 2.71. The number of aryl methyl sites for hydroxylation is 1. The molecular weight excluding hydrogens is 348 g/mol. The number of benzene rings is 1. The van der Waals surface area contributed by atoms with Crippen LogP contribution < -0.4 is 11.1 Å². The number of aromatic amines is 2. The van der Waals surface area contributed by atoms with Gasteiger partial charge in [0.1, 0.15) is 11.3 Å². The van der Waals surface area contributed by atoms with Crippen molar-refractivity contribution >= 4 is 23.1 Å². The van der Waals surface area contributed by atoms with Crippen LogP contribution in [0.1, 0.15) is 5.56 Å². The molecule has 9 nitrogen and oxygen atoms in total. The molecular formula is C18H14N6O3. The Morgan fingerprint density at radius 3 is 2.63 bits per heavy atom. The predicted octanol–water partition coefficient (Wildman–Crippen LogP) is 1.47. The first-order valence-electron chi connectivity index (χ1n) is 8.00. The van der Waals surface area contributed by atoms with E-state index in [-0.39, 0.29) is 28.5 Å². The van der Waals surface area contributed by atoms with Crippen LogP contribution in [0.25, 0.3) is 22.2 Å². The van der Waals surface area contributed by atoms with Gasteiger partial charge in [-0.3, -0.25) is 19.8 Å². The van der Waals surface area contributed by atoms with Crippen LogP contribution in [-0.2, 0) is 7.05 Å². The minimum atomic E-state index is -0.487. The highest BCUT2D eigenvalue weighted by molar-refractivity contribution is 5.96. The molecule has 0 aliphatic heterocycles. The van der Waals surface area contributed by atoms with Crippen LogP contribution in [0.5, 0.6) is 5.75 Å². The van der Waals surface area contributed by atoms with Crippen molar-refractivity contribution in [2.75, 3.05) is 0 Å². The number of hydrogen-bond donors (Lipinski definition) is 3. The van der Waals surface area contributed by atoms with Gasteiger partial charge in [0.2, 0.25) is 5.95 Å². The van der Waals surface area contributed by atoms with Crippen LogP contribution >= 0.6 is 0 Å². The molecule has 0 aliphatic rings. The number of aliphatic imine (C=N–C) groups is 1. The second-order valence-electron chi connectivity index (χ2n) is 5.78. The van der Waals surface area contributed by atoms with Crippen molar-refractivity contribution in [1.29, 1.82) is 0 Å². The summed E-state index contributed by atoms with van der Waals surface area (Å²) in [6.45, 7) is 0. The minimum Gasteiger partial charge on any atom is -0.506 e. The molecule has 0 amide bonds. The normalized spacial score (nSPS) is 11.4. The lowest BCUT2D eigenvalue weighted by Gasteiger charge is -2.11. The summed E-state index contributed by atoms with van der Waals surface area (Å²) in [5, 5.41) is 16.3. The molecule has 0 fully saturated rings. The van der Waals surface area contributed by atoms with E-state index in [1.807, 2.05) is 0 Å². The van der Waals surface area contributed by atoms with Gasteiger partial charge in [0.25, 0.3) is 11.1 Å². The number of H-pyrrole nitrogens is 2. The highest BCUT2D eigenvalue weighted by atomic mass is 16.3.